The average molecular weight is 599 g/mol. The number of anilines is 1. The molecule has 0 bridgehead atoms. The smallest absolute Gasteiger partial charge is 0.247 e. The van der Waals surface area contributed by atoms with Crippen LogP contribution in [0.2, 0.25) is 0 Å². The van der Waals surface area contributed by atoms with Crippen molar-refractivity contribution in [2.75, 3.05) is 19.4 Å². The highest BCUT2D eigenvalue weighted by atomic mass is 32.2. The first-order valence-corrected chi connectivity index (χ1v) is 15.9. The van der Waals surface area contributed by atoms with Crippen molar-refractivity contribution < 1.29 is 17.9 Å². The minimum Gasteiger partial charge on any atom is -0.488 e. The van der Waals surface area contributed by atoms with Gasteiger partial charge in [0.2, 0.25) is 5.91 Å². The van der Waals surface area contributed by atoms with Gasteiger partial charge in [-0.1, -0.05) is 100 Å². The summed E-state index contributed by atoms with van der Waals surface area (Å²) >= 11 is 0. The zero-order valence-electron chi connectivity index (χ0n) is 25.8. The van der Waals surface area contributed by atoms with E-state index in [0.29, 0.717) is 17.9 Å². The third-order valence-electron chi connectivity index (χ3n) is 7.38. The quantitative estimate of drug-likeness (QED) is 0.165. The van der Waals surface area contributed by atoms with Crippen LogP contribution < -0.4 is 10.1 Å². The molecule has 4 aromatic carbocycles. The van der Waals surface area contributed by atoms with Gasteiger partial charge in [0.05, 0.1) is 0 Å². The zero-order valence-corrected chi connectivity index (χ0v) is 26.7. The Morgan fingerprint density at radius 1 is 0.791 bits per heavy atom. The van der Waals surface area contributed by atoms with Crippen molar-refractivity contribution in [3.63, 3.8) is 0 Å². The molecule has 0 fully saturated rings. The molecule has 4 aromatic rings. The van der Waals surface area contributed by atoms with Crippen LogP contribution in [-0.4, -0.2) is 33.3 Å². The predicted molar refractivity (Wildman–Crippen MR) is 176 cm³/mol. The van der Waals surface area contributed by atoms with Gasteiger partial charge >= 0.3 is 0 Å². The van der Waals surface area contributed by atoms with Gasteiger partial charge in [0.15, 0.2) is 16.0 Å². The maximum atomic E-state index is 13.7. The lowest BCUT2D eigenvalue weighted by molar-refractivity contribution is -0.115. The molecule has 6 nitrogen and oxygen atoms in total. The number of hydrogen-bond donors (Lipinski definition) is 2. The molecule has 43 heavy (non-hydrogen) atoms. The largest absolute Gasteiger partial charge is 0.488 e. The van der Waals surface area contributed by atoms with Gasteiger partial charge in [0, 0.05) is 17.8 Å². The molecule has 7 heteroatoms. The van der Waals surface area contributed by atoms with Crippen LogP contribution in [0.5, 0.6) is 5.75 Å². The highest BCUT2D eigenvalue weighted by Gasteiger charge is 2.31. The standard InChI is InChI=1S/C36H42N2O4S/c1-24(2)31-20-28(30-14-10-11-15-33(30)42-23-27-12-8-7-9-13-27)21-32(25(3)4)34(31)35(43(40)41)36(39)37-29-18-16-26(17-19-29)22-38(5)6/h7-21,24-25,35,43H,22-23H2,1-6H3,(H,37,39). The van der Waals surface area contributed by atoms with E-state index in [2.05, 4.69) is 10.2 Å². The summed E-state index contributed by atoms with van der Waals surface area (Å²) in [5, 5.41) is 1.54. The van der Waals surface area contributed by atoms with E-state index in [1.165, 1.54) is 0 Å². The molecular weight excluding hydrogens is 556 g/mol. The Hall–Kier alpha value is -3.94. The minimum atomic E-state index is -3.12. The predicted octanol–water partition coefficient (Wildman–Crippen LogP) is 7.53. The molecule has 0 saturated heterocycles. The molecule has 0 heterocycles. The third-order valence-corrected chi connectivity index (χ3v) is 8.29. The van der Waals surface area contributed by atoms with Crippen LogP contribution in [-0.2, 0) is 28.7 Å². The summed E-state index contributed by atoms with van der Waals surface area (Å²) < 4.78 is 31.9. The number of thiol groups is 1. The Balaban J connectivity index is 1.74. The van der Waals surface area contributed by atoms with Crippen LogP contribution in [0.1, 0.15) is 72.6 Å². The Morgan fingerprint density at radius 2 is 1.37 bits per heavy atom. The van der Waals surface area contributed by atoms with E-state index in [1.54, 1.807) is 0 Å². The average Bonchev–Trinajstić information content (AvgIpc) is 2.97. The van der Waals surface area contributed by atoms with E-state index in [-0.39, 0.29) is 11.8 Å². The zero-order chi connectivity index (χ0) is 31.1. The molecule has 4 rings (SSSR count). The Labute approximate surface area is 257 Å². The Morgan fingerprint density at radius 3 is 1.93 bits per heavy atom. The van der Waals surface area contributed by atoms with Crippen molar-refractivity contribution in [1.82, 2.24) is 4.90 Å². The number of benzene rings is 4. The van der Waals surface area contributed by atoms with Gasteiger partial charge in [-0.2, -0.15) is 0 Å². The van der Waals surface area contributed by atoms with E-state index in [1.807, 2.05) is 133 Å². The number of para-hydroxylation sites is 1. The van der Waals surface area contributed by atoms with Crippen molar-refractivity contribution in [3.8, 4) is 16.9 Å². The molecular formula is C36H42N2O4S. The maximum Gasteiger partial charge on any atom is 0.247 e. The number of amides is 1. The van der Waals surface area contributed by atoms with Crippen molar-refractivity contribution in [2.24, 2.45) is 0 Å². The van der Waals surface area contributed by atoms with Crippen LogP contribution in [0, 0.1) is 0 Å². The summed E-state index contributed by atoms with van der Waals surface area (Å²) in [7, 11) is 0.862. The van der Waals surface area contributed by atoms with Crippen molar-refractivity contribution in [1.29, 1.82) is 0 Å². The summed E-state index contributed by atoms with van der Waals surface area (Å²) in [6.45, 7) is 9.31. The van der Waals surface area contributed by atoms with Crippen LogP contribution in [0.25, 0.3) is 11.1 Å². The topological polar surface area (TPSA) is 75.7 Å². The van der Waals surface area contributed by atoms with Gasteiger partial charge in [0.25, 0.3) is 0 Å². The van der Waals surface area contributed by atoms with E-state index in [9.17, 15) is 13.2 Å². The molecule has 1 atom stereocenters. The molecule has 1 unspecified atom stereocenters. The van der Waals surface area contributed by atoms with E-state index in [0.717, 1.165) is 45.7 Å². The fourth-order valence-electron chi connectivity index (χ4n) is 5.29. The lowest BCUT2D eigenvalue weighted by atomic mass is 9.83. The molecule has 226 valence electrons. The van der Waals surface area contributed by atoms with Gasteiger partial charge in [-0.25, -0.2) is 8.42 Å². The Bertz CT molecular complexity index is 1570. The van der Waals surface area contributed by atoms with Crippen molar-refractivity contribution >= 4 is 22.3 Å². The highest BCUT2D eigenvalue weighted by Crippen LogP contribution is 2.40. The number of nitrogens with one attached hydrogen (secondary N) is 1. The van der Waals surface area contributed by atoms with Gasteiger partial charge in [-0.15, -0.1) is 0 Å². The second-order valence-corrected chi connectivity index (χ2v) is 12.8. The SMILES string of the molecule is CC(C)c1cc(-c2ccccc2OCc2ccccc2)cc(C(C)C)c1C(C(=O)Nc1ccc(CN(C)C)cc1)[SH](=O)=O. The maximum absolute atomic E-state index is 13.7. The second-order valence-electron chi connectivity index (χ2n) is 11.8. The van der Waals surface area contributed by atoms with E-state index < -0.39 is 21.9 Å². The highest BCUT2D eigenvalue weighted by molar-refractivity contribution is 7.73. The molecule has 0 saturated carbocycles. The number of rotatable bonds is 12. The molecule has 0 aliphatic rings. The fourth-order valence-corrected chi connectivity index (χ4v) is 6.06. The molecule has 0 aliphatic heterocycles. The number of ether oxygens (including phenoxy) is 1. The lowest BCUT2D eigenvalue weighted by Gasteiger charge is -2.25. The summed E-state index contributed by atoms with van der Waals surface area (Å²) in [5.41, 5.74) is 6.80. The van der Waals surface area contributed by atoms with E-state index in [4.69, 9.17) is 4.74 Å². The molecule has 0 spiro atoms. The van der Waals surface area contributed by atoms with Gasteiger partial charge < -0.3 is 15.0 Å². The van der Waals surface area contributed by atoms with Crippen LogP contribution in [0.4, 0.5) is 5.69 Å². The molecule has 0 aromatic heterocycles. The van der Waals surface area contributed by atoms with Gasteiger partial charge in [0.1, 0.15) is 12.4 Å². The van der Waals surface area contributed by atoms with Crippen molar-refractivity contribution in [2.45, 2.75) is 57.9 Å². The molecule has 0 aliphatic carbocycles. The third kappa shape index (κ3) is 8.12. The second kappa shape index (κ2) is 14.5. The van der Waals surface area contributed by atoms with Crippen LogP contribution in [0.15, 0.2) is 91.0 Å². The summed E-state index contributed by atoms with van der Waals surface area (Å²) in [6.07, 6.45) is 0. The van der Waals surface area contributed by atoms with Crippen molar-refractivity contribution in [3.05, 3.63) is 119 Å². The summed E-state index contributed by atoms with van der Waals surface area (Å²) in [6, 6.07) is 29.4. The molecule has 1 N–H and O–H groups in total. The number of hydrogen-bond acceptors (Lipinski definition) is 5. The fraction of sp³-hybridized carbons (Fsp3) is 0.306. The first-order valence-electron chi connectivity index (χ1n) is 14.7. The first kappa shape index (κ1) is 32.0. The van der Waals surface area contributed by atoms with Gasteiger partial charge in [-0.3, -0.25) is 4.79 Å². The summed E-state index contributed by atoms with van der Waals surface area (Å²) in [5.74, 6) is 0.130. The Kier molecular flexibility index (Phi) is 10.8. The lowest BCUT2D eigenvalue weighted by Crippen LogP contribution is -2.25. The van der Waals surface area contributed by atoms with Gasteiger partial charge in [-0.05, 0) is 77.5 Å². The normalized spacial score (nSPS) is 12.2. The minimum absolute atomic E-state index is 0.0274. The number of nitrogens with zero attached hydrogens (tertiary/aromatic N) is 1. The monoisotopic (exact) mass is 598 g/mol. The molecule has 1 amide bonds. The van der Waals surface area contributed by atoms with Crippen LogP contribution in [0.3, 0.4) is 0 Å². The number of carbonyl (C=O) groups excluding carboxylic acids is 1. The number of carbonyl (C=O) groups is 1. The summed E-state index contributed by atoms with van der Waals surface area (Å²) in [4.78, 5) is 15.7. The first-order chi connectivity index (χ1) is 20.5. The molecule has 0 radical (unpaired) electrons. The van der Waals surface area contributed by atoms with E-state index >= 15 is 0 Å². The van der Waals surface area contributed by atoms with Crippen LogP contribution >= 0.6 is 0 Å².